The van der Waals surface area contributed by atoms with Gasteiger partial charge in [0.05, 0.1) is 4.92 Å². The number of nitro benzene ring substituents is 1. The first-order valence-corrected chi connectivity index (χ1v) is 6.84. The van der Waals surface area contributed by atoms with E-state index in [0.717, 1.165) is 0 Å². The quantitative estimate of drug-likeness (QED) is 0.387. The van der Waals surface area contributed by atoms with E-state index in [4.69, 9.17) is 0 Å². The third-order valence-corrected chi connectivity index (χ3v) is 3.09. The average molecular weight is 327 g/mol. The number of carbonyl (C=O) groups is 3. The van der Waals surface area contributed by atoms with Crippen molar-refractivity contribution >= 4 is 34.7 Å². The van der Waals surface area contributed by atoms with Gasteiger partial charge in [-0.25, -0.2) is 0 Å². The van der Waals surface area contributed by atoms with Gasteiger partial charge in [0.1, 0.15) is 0 Å². The average Bonchev–Trinajstić information content (AvgIpc) is 2.55. The van der Waals surface area contributed by atoms with Crippen molar-refractivity contribution in [3.05, 3.63) is 64.2 Å². The maximum Gasteiger partial charge on any atom is 0.314 e. The molecule has 2 N–H and O–H groups in total. The van der Waals surface area contributed by atoms with E-state index in [1.807, 2.05) is 0 Å². The van der Waals surface area contributed by atoms with Crippen LogP contribution in [0.1, 0.15) is 17.3 Å². The van der Waals surface area contributed by atoms with Gasteiger partial charge in [-0.3, -0.25) is 24.5 Å². The fraction of sp³-hybridized carbons (Fsp3) is 0.0625. The van der Waals surface area contributed by atoms with Crippen LogP contribution in [0.15, 0.2) is 48.5 Å². The zero-order chi connectivity index (χ0) is 17.7. The molecule has 0 atom stereocenters. The summed E-state index contributed by atoms with van der Waals surface area (Å²) in [5.41, 5.74) is 0.989. The van der Waals surface area contributed by atoms with Crippen molar-refractivity contribution < 1.29 is 19.3 Å². The molecule has 0 saturated heterocycles. The van der Waals surface area contributed by atoms with Gasteiger partial charge >= 0.3 is 11.8 Å². The molecule has 8 nitrogen and oxygen atoms in total. The van der Waals surface area contributed by atoms with Crippen LogP contribution in [0.5, 0.6) is 0 Å². The Labute approximate surface area is 136 Å². The molecular formula is C16H13N3O5. The van der Waals surface area contributed by atoms with E-state index in [1.165, 1.54) is 55.5 Å². The molecule has 122 valence electrons. The summed E-state index contributed by atoms with van der Waals surface area (Å²) in [6.45, 7) is 1.42. The SMILES string of the molecule is CC(=O)c1ccc(NC(=O)C(=O)Nc2ccc([N+](=O)[O-])cc2)cc1. The number of nitrogens with one attached hydrogen (secondary N) is 2. The molecule has 0 saturated carbocycles. The number of nitrogens with zero attached hydrogens (tertiary/aromatic N) is 1. The van der Waals surface area contributed by atoms with E-state index in [9.17, 15) is 24.5 Å². The first-order chi connectivity index (χ1) is 11.4. The monoisotopic (exact) mass is 327 g/mol. The third-order valence-electron chi connectivity index (χ3n) is 3.09. The summed E-state index contributed by atoms with van der Waals surface area (Å²) in [4.78, 5) is 44.8. The smallest absolute Gasteiger partial charge is 0.314 e. The number of carbonyl (C=O) groups excluding carboxylic acids is 3. The molecule has 0 heterocycles. The Morgan fingerprint density at radius 2 is 1.25 bits per heavy atom. The van der Waals surface area contributed by atoms with E-state index < -0.39 is 16.7 Å². The van der Waals surface area contributed by atoms with Crippen molar-refractivity contribution in [1.29, 1.82) is 0 Å². The van der Waals surface area contributed by atoms with E-state index in [-0.39, 0.29) is 17.2 Å². The van der Waals surface area contributed by atoms with Crippen LogP contribution in [0.25, 0.3) is 0 Å². The number of amides is 2. The van der Waals surface area contributed by atoms with Crippen molar-refractivity contribution in [3.8, 4) is 0 Å². The molecule has 2 aromatic rings. The van der Waals surface area contributed by atoms with Gasteiger partial charge in [0.2, 0.25) is 0 Å². The fourth-order valence-corrected chi connectivity index (χ4v) is 1.83. The Kier molecular flexibility index (Phi) is 5.00. The second-order valence-corrected chi connectivity index (χ2v) is 4.85. The zero-order valence-corrected chi connectivity index (χ0v) is 12.6. The Hall–Kier alpha value is -3.55. The zero-order valence-electron chi connectivity index (χ0n) is 12.6. The maximum absolute atomic E-state index is 11.8. The number of anilines is 2. The predicted molar refractivity (Wildman–Crippen MR) is 86.8 cm³/mol. The van der Waals surface area contributed by atoms with Gasteiger partial charge in [-0.1, -0.05) is 0 Å². The number of Topliss-reactive ketones (excluding diaryl/α,β-unsaturated/α-hetero) is 1. The second kappa shape index (κ2) is 7.14. The molecule has 0 unspecified atom stereocenters. The highest BCUT2D eigenvalue weighted by Gasteiger charge is 2.15. The van der Waals surface area contributed by atoms with Gasteiger partial charge in [-0.2, -0.15) is 0 Å². The summed E-state index contributed by atoms with van der Waals surface area (Å²) in [6.07, 6.45) is 0. The minimum atomic E-state index is -0.917. The normalized spacial score (nSPS) is 9.88. The van der Waals surface area contributed by atoms with Crippen LogP contribution in [0.4, 0.5) is 17.1 Å². The van der Waals surface area contributed by atoms with E-state index in [0.29, 0.717) is 11.3 Å². The fourth-order valence-electron chi connectivity index (χ4n) is 1.83. The van der Waals surface area contributed by atoms with Crippen molar-refractivity contribution in [1.82, 2.24) is 0 Å². The lowest BCUT2D eigenvalue weighted by atomic mass is 10.1. The number of rotatable bonds is 4. The van der Waals surface area contributed by atoms with E-state index in [1.54, 1.807) is 0 Å². The predicted octanol–water partition coefficient (Wildman–Crippen LogP) is 2.37. The lowest BCUT2D eigenvalue weighted by Gasteiger charge is -2.07. The summed E-state index contributed by atoms with van der Waals surface area (Å²) in [7, 11) is 0. The van der Waals surface area contributed by atoms with Gasteiger partial charge < -0.3 is 10.6 Å². The molecule has 24 heavy (non-hydrogen) atoms. The number of hydrogen-bond donors (Lipinski definition) is 2. The van der Waals surface area contributed by atoms with Crippen LogP contribution in [-0.2, 0) is 9.59 Å². The van der Waals surface area contributed by atoms with Gasteiger partial charge in [0.15, 0.2) is 5.78 Å². The largest absolute Gasteiger partial charge is 0.318 e. The van der Waals surface area contributed by atoms with Crippen LogP contribution < -0.4 is 10.6 Å². The Morgan fingerprint density at radius 3 is 1.62 bits per heavy atom. The Bertz CT molecular complexity index is 728. The molecule has 0 radical (unpaired) electrons. The summed E-state index contributed by atoms with van der Waals surface area (Å²) in [6, 6.07) is 11.2. The Balaban J connectivity index is 1.97. The summed E-state index contributed by atoms with van der Waals surface area (Å²) in [5.74, 6) is -1.92. The summed E-state index contributed by atoms with van der Waals surface area (Å²) < 4.78 is 0. The third kappa shape index (κ3) is 4.23. The summed E-state index contributed by atoms with van der Waals surface area (Å²) >= 11 is 0. The van der Waals surface area contributed by atoms with Crippen molar-refractivity contribution in [2.75, 3.05) is 10.6 Å². The molecule has 8 heteroatoms. The highest BCUT2D eigenvalue weighted by atomic mass is 16.6. The van der Waals surface area contributed by atoms with Gasteiger partial charge in [0.25, 0.3) is 5.69 Å². The van der Waals surface area contributed by atoms with Crippen LogP contribution in [0.3, 0.4) is 0 Å². The molecule has 0 spiro atoms. The number of hydrogen-bond acceptors (Lipinski definition) is 5. The molecule has 0 aliphatic heterocycles. The standard InChI is InChI=1S/C16H13N3O5/c1-10(20)11-2-4-12(5-3-11)17-15(21)16(22)18-13-6-8-14(9-7-13)19(23)24/h2-9H,1H3,(H,17,21)(H,18,22). The number of nitro groups is 1. The first-order valence-electron chi connectivity index (χ1n) is 6.84. The lowest BCUT2D eigenvalue weighted by Crippen LogP contribution is -2.29. The summed E-state index contributed by atoms with van der Waals surface area (Å²) in [5, 5.41) is 15.3. The van der Waals surface area contributed by atoms with Crippen LogP contribution in [0, 0.1) is 10.1 Å². The molecule has 2 rings (SSSR count). The minimum absolute atomic E-state index is 0.108. The lowest BCUT2D eigenvalue weighted by molar-refractivity contribution is -0.384. The number of benzene rings is 2. The van der Waals surface area contributed by atoms with Crippen molar-refractivity contribution in [2.45, 2.75) is 6.92 Å². The topological polar surface area (TPSA) is 118 Å². The second-order valence-electron chi connectivity index (χ2n) is 4.85. The van der Waals surface area contributed by atoms with Crippen LogP contribution in [0.2, 0.25) is 0 Å². The highest BCUT2D eigenvalue weighted by molar-refractivity contribution is 6.43. The molecule has 2 aromatic carbocycles. The minimum Gasteiger partial charge on any atom is -0.318 e. The van der Waals surface area contributed by atoms with Crippen molar-refractivity contribution in [2.24, 2.45) is 0 Å². The van der Waals surface area contributed by atoms with Crippen molar-refractivity contribution in [3.63, 3.8) is 0 Å². The maximum atomic E-state index is 11.8. The molecular weight excluding hydrogens is 314 g/mol. The van der Waals surface area contributed by atoms with E-state index >= 15 is 0 Å². The van der Waals surface area contributed by atoms with Gasteiger partial charge in [0, 0.05) is 29.1 Å². The van der Waals surface area contributed by atoms with Crippen LogP contribution >= 0.6 is 0 Å². The molecule has 0 aromatic heterocycles. The van der Waals surface area contributed by atoms with Crippen LogP contribution in [-0.4, -0.2) is 22.5 Å². The molecule has 2 amide bonds. The molecule has 0 aliphatic carbocycles. The molecule has 0 aliphatic rings. The Morgan fingerprint density at radius 1 is 0.833 bits per heavy atom. The van der Waals surface area contributed by atoms with Gasteiger partial charge in [-0.05, 0) is 43.3 Å². The first kappa shape index (κ1) is 16.8. The number of ketones is 1. The highest BCUT2D eigenvalue weighted by Crippen LogP contribution is 2.15. The molecule has 0 fully saturated rings. The van der Waals surface area contributed by atoms with E-state index in [2.05, 4.69) is 10.6 Å². The van der Waals surface area contributed by atoms with Gasteiger partial charge in [-0.15, -0.1) is 0 Å². The molecule has 0 bridgehead atoms. The number of non-ortho nitro benzene ring substituents is 1.